The van der Waals surface area contributed by atoms with E-state index in [1.807, 2.05) is 38.4 Å². The predicted octanol–water partition coefficient (Wildman–Crippen LogP) is 1.14. The molecule has 0 saturated carbocycles. The van der Waals surface area contributed by atoms with Gasteiger partial charge in [-0.1, -0.05) is 18.2 Å². The molecule has 1 heterocycles. The third-order valence-electron chi connectivity index (χ3n) is 3.30. The van der Waals surface area contributed by atoms with Crippen molar-refractivity contribution < 1.29 is 29.6 Å². The molecular weight excluding hydrogens is 302 g/mol. The first kappa shape index (κ1) is 18.7. The number of benzene rings is 1. The first-order valence-corrected chi connectivity index (χ1v) is 7.01. The lowest BCUT2D eigenvalue weighted by Crippen LogP contribution is -2.33. The van der Waals surface area contributed by atoms with Crippen molar-refractivity contribution in [1.29, 1.82) is 0 Å². The van der Waals surface area contributed by atoms with Gasteiger partial charge < -0.3 is 25.0 Å². The highest BCUT2D eigenvalue weighted by Crippen LogP contribution is 2.31. The minimum atomic E-state index is -1.26. The number of likely N-dealkylation sites (N-methyl/N-ethyl adjacent to an activating group) is 1. The van der Waals surface area contributed by atoms with E-state index in [-0.39, 0.29) is 6.04 Å². The van der Waals surface area contributed by atoms with Gasteiger partial charge in [-0.15, -0.1) is 0 Å². The molecular formula is C16H21NO6. The molecule has 1 aliphatic rings. The Morgan fingerprint density at radius 2 is 1.74 bits per heavy atom. The largest absolute Gasteiger partial charge is 0.492 e. The molecule has 0 spiro atoms. The lowest BCUT2D eigenvalue weighted by atomic mass is 10.0. The van der Waals surface area contributed by atoms with Gasteiger partial charge in [0.25, 0.3) is 0 Å². The van der Waals surface area contributed by atoms with E-state index in [4.69, 9.17) is 14.9 Å². The van der Waals surface area contributed by atoms with E-state index in [1.54, 1.807) is 0 Å². The second-order valence-electron chi connectivity index (χ2n) is 5.23. The molecule has 0 radical (unpaired) electrons. The Bertz CT molecular complexity index is 553. The summed E-state index contributed by atoms with van der Waals surface area (Å²) in [4.78, 5) is 21.2. The number of aliphatic carboxylic acids is 2. The third-order valence-corrected chi connectivity index (χ3v) is 3.30. The van der Waals surface area contributed by atoms with E-state index in [1.165, 1.54) is 0 Å². The van der Waals surface area contributed by atoms with Crippen molar-refractivity contribution in [2.45, 2.75) is 18.6 Å². The zero-order chi connectivity index (χ0) is 17.4. The van der Waals surface area contributed by atoms with Gasteiger partial charge in [-0.2, -0.15) is 0 Å². The lowest BCUT2D eigenvalue weighted by molar-refractivity contribution is -0.134. The molecule has 7 nitrogen and oxygen atoms in total. The number of rotatable bonds is 3. The molecule has 0 aromatic heterocycles. The summed E-state index contributed by atoms with van der Waals surface area (Å²) in [6, 6.07) is 7.98. The molecule has 126 valence electrons. The fraction of sp³-hybridized carbons (Fsp3) is 0.375. The van der Waals surface area contributed by atoms with Crippen LogP contribution in [-0.2, 0) is 9.59 Å². The number of aliphatic hydroxyl groups excluding tert-OH is 1. The van der Waals surface area contributed by atoms with Crippen molar-refractivity contribution in [2.24, 2.45) is 0 Å². The number of nitrogens with zero attached hydrogens (tertiary/aromatic N) is 1. The minimum Gasteiger partial charge on any atom is -0.492 e. The summed E-state index contributed by atoms with van der Waals surface area (Å²) in [6.07, 6.45) is 1.42. The van der Waals surface area contributed by atoms with E-state index in [0.29, 0.717) is 18.8 Å². The lowest BCUT2D eigenvalue weighted by Gasteiger charge is -2.22. The molecule has 1 aromatic carbocycles. The van der Waals surface area contributed by atoms with Crippen molar-refractivity contribution in [3.8, 4) is 5.75 Å². The van der Waals surface area contributed by atoms with Crippen molar-refractivity contribution in [2.75, 3.05) is 20.7 Å². The van der Waals surface area contributed by atoms with E-state index < -0.39 is 18.0 Å². The quantitative estimate of drug-likeness (QED) is 0.716. The Kier molecular flexibility index (Phi) is 7.24. The first-order chi connectivity index (χ1) is 10.8. The molecule has 0 fully saturated rings. The molecule has 7 heteroatoms. The molecule has 0 saturated heterocycles. The van der Waals surface area contributed by atoms with Gasteiger partial charge in [0, 0.05) is 23.8 Å². The van der Waals surface area contributed by atoms with Crippen LogP contribution in [0, 0.1) is 0 Å². The predicted molar refractivity (Wildman–Crippen MR) is 83.4 cm³/mol. The number of fused-ring (bicyclic) bond motifs is 1. The van der Waals surface area contributed by atoms with Crippen LogP contribution >= 0.6 is 0 Å². The Morgan fingerprint density at radius 3 is 2.26 bits per heavy atom. The van der Waals surface area contributed by atoms with E-state index in [2.05, 4.69) is 4.90 Å². The van der Waals surface area contributed by atoms with Gasteiger partial charge in [0.05, 0.1) is 6.10 Å². The van der Waals surface area contributed by atoms with Crippen LogP contribution in [0.25, 0.3) is 0 Å². The highest BCUT2D eigenvalue weighted by atomic mass is 16.5. The average Bonchev–Trinajstić information content (AvgIpc) is 2.66. The third kappa shape index (κ3) is 6.50. The first-order valence-electron chi connectivity index (χ1n) is 7.01. The number of carbonyl (C=O) groups is 2. The number of carboxylic acids is 2. The van der Waals surface area contributed by atoms with Crippen LogP contribution in [0.1, 0.15) is 18.1 Å². The molecule has 0 amide bonds. The van der Waals surface area contributed by atoms with Gasteiger partial charge in [0.1, 0.15) is 12.4 Å². The van der Waals surface area contributed by atoms with Gasteiger partial charge in [0.15, 0.2) is 0 Å². The standard InChI is InChI=1S/C12H17NO2.C4H4O4/c1-13(2)9-7-11(14)10-5-3-4-6-12(10)15-8-9;5-3(6)1-2-4(7)8/h3-6,9,11,14H,7-8H2,1-2H3;1-2H,(H,5,6)(H,7,8)/b;2-1-/t9-,11-;/m0./s1. The zero-order valence-corrected chi connectivity index (χ0v) is 13.0. The Balaban J connectivity index is 0.000000284. The summed E-state index contributed by atoms with van der Waals surface area (Å²) in [6.45, 7) is 0.640. The topological polar surface area (TPSA) is 107 Å². The van der Waals surface area contributed by atoms with E-state index in [0.717, 1.165) is 17.7 Å². The molecule has 0 unspecified atom stereocenters. The van der Waals surface area contributed by atoms with Crippen LogP contribution in [0.2, 0.25) is 0 Å². The second-order valence-corrected chi connectivity index (χ2v) is 5.23. The second kappa shape index (κ2) is 8.92. The highest BCUT2D eigenvalue weighted by molar-refractivity contribution is 5.89. The van der Waals surface area contributed by atoms with Crippen LogP contribution in [0.5, 0.6) is 5.75 Å². The Morgan fingerprint density at radius 1 is 1.17 bits per heavy atom. The highest BCUT2D eigenvalue weighted by Gasteiger charge is 2.24. The number of hydrogen-bond acceptors (Lipinski definition) is 5. The maximum Gasteiger partial charge on any atom is 0.328 e. The summed E-state index contributed by atoms with van der Waals surface area (Å²) in [5, 5.41) is 25.7. The summed E-state index contributed by atoms with van der Waals surface area (Å²) in [7, 11) is 4.02. The number of ether oxygens (including phenoxy) is 1. The number of hydrogen-bond donors (Lipinski definition) is 3. The molecule has 1 aliphatic heterocycles. The summed E-state index contributed by atoms with van der Waals surface area (Å²) >= 11 is 0. The normalized spacial score (nSPS) is 20.0. The summed E-state index contributed by atoms with van der Waals surface area (Å²) < 4.78 is 5.69. The van der Waals surface area contributed by atoms with Crippen molar-refractivity contribution in [3.05, 3.63) is 42.0 Å². The van der Waals surface area contributed by atoms with Crippen LogP contribution < -0.4 is 4.74 Å². The minimum absolute atomic E-state index is 0.271. The maximum absolute atomic E-state index is 10.1. The fourth-order valence-corrected chi connectivity index (χ4v) is 2.03. The molecule has 23 heavy (non-hydrogen) atoms. The van der Waals surface area contributed by atoms with Gasteiger partial charge in [-0.25, -0.2) is 9.59 Å². The van der Waals surface area contributed by atoms with Crippen LogP contribution in [0.4, 0.5) is 0 Å². The molecule has 3 N–H and O–H groups in total. The fourth-order valence-electron chi connectivity index (χ4n) is 2.03. The summed E-state index contributed by atoms with van der Waals surface area (Å²) in [5.41, 5.74) is 0.904. The van der Waals surface area contributed by atoms with Crippen LogP contribution in [0.3, 0.4) is 0 Å². The van der Waals surface area contributed by atoms with Crippen molar-refractivity contribution in [1.82, 2.24) is 4.90 Å². The van der Waals surface area contributed by atoms with Crippen LogP contribution in [-0.4, -0.2) is 58.9 Å². The molecule has 0 bridgehead atoms. The van der Waals surface area contributed by atoms with Gasteiger partial charge >= 0.3 is 11.9 Å². The van der Waals surface area contributed by atoms with E-state index in [9.17, 15) is 14.7 Å². The van der Waals surface area contributed by atoms with Gasteiger partial charge in [0.2, 0.25) is 0 Å². The number of aliphatic hydroxyl groups is 1. The molecule has 2 atom stereocenters. The van der Waals surface area contributed by atoms with E-state index >= 15 is 0 Å². The molecule has 2 rings (SSSR count). The van der Waals surface area contributed by atoms with Crippen LogP contribution in [0.15, 0.2) is 36.4 Å². The average molecular weight is 323 g/mol. The van der Waals surface area contributed by atoms with Crippen molar-refractivity contribution >= 4 is 11.9 Å². The monoisotopic (exact) mass is 323 g/mol. The molecule has 0 aliphatic carbocycles. The zero-order valence-electron chi connectivity index (χ0n) is 13.0. The number of para-hydroxylation sites is 1. The smallest absolute Gasteiger partial charge is 0.328 e. The van der Waals surface area contributed by atoms with Gasteiger partial charge in [-0.05, 0) is 26.6 Å². The van der Waals surface area contributed by atoms with Gasteiger partial charge in [-0.3, -0.25) is 0 Å². The number of carboxylic acid groups (broad SMARTS) is 2. The molecule has 1 aromatic rings. The Labute approximate surface area is 134 Å². The Hall–Kier alpha value is -2.38. The maximum atomic E-state index is 10.1. The summed E-state index contributed by atoms with van der Waals surface area (Å²) in [5.74, 6) is -1.70. The SMILES string of the molecule is CN(C)[C@@H]1COc2ccccc2[C@@H](O)C1.O=C(O)/C=C\C(=O)O. The van der Waals surface area contributed by atoms with Crippen molar-refractivity contribution in [3.63, 3.8) is 0 Å².